The van der Waals surface area contributed by atoms with Crippen molar-refractivity contribution < 1.29 is 9.59 Å². The van der Waals surface area contributed by atoms with E-state index in [1.807, 2.05) is 0 Å². The minimum absolute atomic E-state index is 0.0977. The van der Waals surface area contributed by atoms with Crippen LogP contribution in [0.5, 0.6) is 0 Å². The van der Waals surface area contributed by atoms with Crippen molar-refractivity contribution in [2.24, 2.45) is 10.9 Å². The van der Waals surface area contributed by atoms with Gasteiger partial charge in [-0.15, -0.1) is 0 Å². The maximum absolute atomic E-state index is 11.4. The van der Waals surface area contributed by atoms with E-state index in [1.54, 1.807) is 7.05 Å². The fourth-order valence-corrected chi connectivity index (χ4v) is 2.01. The van der Waals surface area contributed by atoms with Crippen LogP contribution in [0.25, 0.3) is 0 Å². The van der Waals surface area contributed by atoms with Crippen LogP contribution in [-0.4, -0.2) is 56.0 Å². The zero-order chi connectivity index (χ0) is 15.0. The lowest BCUT2D eigenvalue weighted by Crippen LogP contribution is -2.44. The van der Waals surface area contributed by atoms with Crippen molar-refractivity contribution in [1.82, 2.24) is 20.9 Å². The number of hydrogen-bond acceptors (Lipinski definition) is 3. The third-order valence-electron chi connectivity index (χ3n) is 3.50. The lowest BCUT2D eigenvalue weighted by Gasteiger charge is -2.18. The first kappa shape index (κ1) is 16.3. The molecule has 114 valence electrons. The molecule has 0 unspecified atom stereocenters. The molecule has 0 bridgehead atoms. The van der Waals surface area contributed by atoms with Crippen LogP contribution in [0.15, 0.2) is 4.99 Å². The monoisotopic (exact) mass is 283 g/mol. The molecule has 0 radical (unpaired) electrons. The van der Waals surface area contributed by atoms with Gasteiger partial charge in [0.05, 0.1) is 6.54 Å². The molecule has 3 amide bonds. The fraction of sp³-hybridized carbons (Fsp3) is 0.769. The molecule has 0 aliphatic carbocycles. The van der Waals surface area contributed by atoms with Crippen LogP contribution >= 0.6 is 0 Å². The third kappa shape index (κ3) is 4.71. The van der Waals surface area contributed by atoms with E-state index in [0.29, 0.717) is 25.0 Å². The smallest absolute Gasteiger partial charge is 0.324 e. The Morgan fingerprint density at radius 1 is 1.35 bits per heavy atom. The van der Waals surface area contributed by atoms with Crippen molar-refractivity contribution in [1.29, 1.82) is 0 Å². The highest BCUT2D eigenvalue weighted by Crippen LogP contribution is 2.04. The van der Waals surface area contributed by atoms with Crippen molar-refractivity contribution in [3.63, 3.8) is 0 Å². The molecule has 0 spiro atoms. The molecule has 1 aliphatic rings. The van der Waals surface area contributed by atoms with Gasteiger partial charge in [0.25, 0.3) is 0 Å². The SMILES string of the molecule is CCC(CC)CNC(=NC)NCCN1C(=O)CNC1=O. The number of rotatable bonds is 7. The van der Waals surface area contributed by atoms with Crippen LogP contribution < -0.4 is 16.0 Å². The molecule has 0 aromatic carbocycles. The number of carbonyl (C=O) groups is 2. The molecule has 1 saturated heterocycles. The number of nitrogens with zero attached hydrogens (tertiary/aromatic N) is 2. The van der Waals surface area contributed by atoms with Gasteiger partial charge in [0, 0.05) is 26.7 Å². The summed E-state index contributed by atoms with van der Waals surface area (Å²) in [5.74, 6) is 1.14. The maximum Gasteiger partial charge on any atom is 0.324 e. The van der Waals surface area contributed by atoms with Crippen LogP contribution in [-0.2, 0) is 4.79 Å². The summed E-state index contributed by atoms with van der Waals surface area (Å²) in [5.41, 5.74) is 0. The van der Waals surface area contributed by atoms with Crippen molar-refractivity contribution in [3.8, 4) is 0 Å². The molecule has 3 N–H and O–H groups in total. The van der Waals surface area contributed by atoms with Crippen LogP contribution in [0.3, 0.4) is 0 Å². The Kier molecular flexibility index (Phi) is 6.83. The van der Waals surface area contributed by atoms with Gasteiger partial charge in [0.1, 0.15) is 0 Å². The molecular weight excluding hydrogens is 258 g/mol. The summed E-state index contributed by atoms with van der Waals surface area (Å²) >= 11 is 0. The van der Waals surface area contributed by atoms with Gasteiger partial charge < -0.3 is 16.0 Å². The largest absolute Gasteiger partial charge is 0.356 e. The molecule has 1 fully saturated rings. The second-order valence-corrected chi connectivity index (χ2v) is 4.77. The molecule has 7 heteroatoms. The summed E-state index contributed by atoms with van der Waals surface area (Å²) in [4.78, 5) is 28.1. The van der Waals surface area contributed by atoms with E-state index in [1.165, 1.54) is 4.90 Å². The number of guanidine groups is 1. The average Bonchev–Trinajstić information content (AvgIpc) is 2.77. The number of urea groups is 1. The van der Waals surface area contributed by atoms with E-state index in [0.717, 1.165) is 19.4 Å². The summed E-state index contributed by atoms with van der Waals surface area (Å²) in [5, 5.41) is 8.85. The van der Waals surface area contributed by atoms with Crippen LogP contribution in [0, 0.1) is 5.92 Å². The highest BCUT2D eigenvalue weighted by Gasteiger charge is 2.27. The predicted molar refractivity (Wildman–Crippen MR) is 78.5 cm³/mol. The highest BCUT2D eigenvalue weighted by atomic mass is 16.2. The number of hydrogen-bond donors (Lipinski definition) is 3. The molecule has 0 aromatic heterocycles. The van der Waals surface area contributed by atoms with Crippen molar-refractivity contribution in [2.75, 3.05) is 33.2 Å². The number of carbonyl (C=O) groups excluding carboxylic acids is 2. The first-order chi connectivity index (χ1) is 9.62. The first-order valence-corrected chi connectivity index (χ1v) is 7.15. The minimum atomic E-state index is -0.322. The molecule has 0 saturated carbocycles. The van der Waals surface area contributed by atoms with Crippen molar-refractivity contribution in [3.05, 3.63) is 0 Å². The fourth-order valence-electron chi connectivity index (χ4n) is 2.01. The van der Waals surface area contributed by atoms with Gasteiger partial charge in [-0.3, -0.25) is 14.7 Å². The Morgan fingerprint density at radius 2 is 2.05 bits per heavy atom. The van der Waals surface area contributed by atoms with Gasteiger partial charge in [-0.25, -0.2) is 4.79 Å². The molecule has 0 atom stereocenters. The standard InChI is InChI=1S/C13H25N5O2/c1-4-10(5-2)8-16-12(14-3)15-6-7-18-11(19)9-17-13(18)20/h10H,4-9H2,1-3H3,(H,17,20)(H2,14,15,16). The number of nitrogens with one attached hydrogen (secondary N) is 3. The molecule has 1 heterocycles. The van der Waals surface area contributed by atoms with Crippen LogP contribution in [0.4, 0.5) is 4.79 Å². The van der Waals surface area contributed by atoms with Crippen LogP contribution in [0.1, 0.15) is 26.7 Å². The van der Waals surface area contributed by atoms with Crippen molar-refractivity contribution in [2.45, 2.75) is 26.7 Å². The minimum Gasteiger partial charge on any atom is -0.356 e. The van der Waals surface area contributed by atoms with E-state index in [2.05, 4.69) is 34.8 Å². The molecule has 20 heavy (non-hydrogen) atoms. The van der Waals surface area contributed by atoms with Gasteiger partial charge in [0.15, 0.2) is 5.96 Å². The highest BCUT2D eigenvalue weighted by molar-refractivity contribution is 6.01. The lowest BCUT2D eigenvalue weighted by atomic mass is 10.0. The lowest BCUT2D eigenvalue weighted by molar-refractivity contribution is -0.124. The zero-order valence-electron chi connectivity index (χ0n) is 12.5. The Balaban J connectivity index is 2.28. The Morgan fingerprint density at radius 3 is 2.55 bits per heavy atom. The van der Waals surface area contributed by atoms with E-state index < -0.39 is 0 Å². The second-order valence-electron chi connectivity index (χ2n) is 4.77. The summed E-state index contributed by atoms with van der Waals surface area (Å²) < 4.78 is 0. The Labute approximate surface area is 120 Å². The topological polar surface area (TPSA) is 85.8 Å². The Bertz CT molecular complexity index is 350. The molecule has 7 nitrogen and oxygen atoms in total. The number of amides is 3. The Hall–Kier alpha value is -1.79. The molecular formula is C13H25N5O2. The molecule has 0 aromatic rings. The summed E-state index contributed by atoms with van der Waals surface area (Å²) in [6.07, 6.45) is 2.26. The first-order valence-electron chi connectivity index (χ1n) is 7.15. The summed E-state index contributed by atoms with van der Waals surface area (Å²) in [7, 11) is 1.70. The van der Waals surface area contributed by atoms with E-state index in [4.69, 9.17) is 0 Å². The van der Waals surface area contributed by atoms with Gasteiger partial charge in [-0.2, -0.15) is 0 Å². The predicted octanol–water partition coefficient (Wildman–Crippen LogP) is 0.139. The second kappa shape index (κ2) is 8.39. The normalized spacial score (nSPS) is 15.8. The average molecular weight is 283 g/mol. The quantitative estimate of drug-likeness (QED) is 0.352. The van der Waals surface area contributed by atoms with Crippen LogP contribution in [0.2, 0.25) is 0 Å². The van der Waals surface area contributed by atoms with Gasteiger partial charge in [0.2, 0.25) is 5.91 Å². The van der Waals surface area contributed by atoms with Crippen molar-refractivity contribution >= 4 is 17.9 Å². The van der Waals surface area contributed by atoms with E-state index in [-0.39, 0.29) is 18.5 Å². The van der Waals surface area contributed by atoms with E-state index in [9.17, 15) is 9.59 Å². The maximum atomic E-state index is 11.4. The van der Waals surface area contributed by atoms with Gasteiger partial charge in [-0.05, 0) is 5.92 Å². The zero-order valence-corrected chi connectivity index (χ0v) is 12.5. The third-order valence-corrected chi connectivity index (χ3v) is 3.50. The molecule has 1 aliphatic heterocycles. The summed E-state index contributed by atoms with van der Waals surface area (Å²) in [6.45, 7) is 6.14. The van der Waals surface area contributed by atoms with Gasteiger partial charge >= 0.3 is 6.03 Å². The summed E-state index contributed by atoms with van der Waals surface area (Å²) in [6, 6.07) is -0.322. The van der Waals surface area contributed by atoms with E-state index >= 15 is 0 Å². The molecule has 1 rings (SSSR count). The van der Waals surface area contributed by atoms with Gasteiger partial charge in [-0.1, -0.05) is 26.7 Å². The number of aliphatic imine (C=N–C) groups is 1. The number of imide groups is 1.